The first-order valence-electron chi connectivity index (χ1n) is 6.98. The fourth-order valence-electron chi connectivity index (χ4n) is 2.23. The van der Waals surface area contributed by atoms with E-state index in [0.29, 0.717) is 9.90 Å². The molecule has 0 saturated carbocycles. The van der Waals surface area contributed by atoms with Crippen molar-refractivity contribution in [2.75, 3.05) is 0 Å². The summed E-state index contributed by atoms with van der Waals surface area (Å²) in [6.45, 7) is 0.284. The van der Waals surface area contributed by atoms with Crippen molar-refractivity contribution in [1.82, 2.24) is 10.3 Å². The van der Waals surface area contributed by atoms with Crippen molar-refractivity contribution in [1.29, 1.82) is 0 Å². The summed E-state index contributed by atoms with van der Waals surface area (Å²) in [6.07, 6.45) is 3.39. The molecule has 3 aromatic rings. The van der Waals surface area contributed by atoms with Gasteiger partial charge in [0.15, 0.2) is 0 Å². The summed E-state index contributed by atoms with van der Waals surface area (Å²) in [6, 6.07) is 9.72. The van der Waals surface area contributed by atoms with E-state index in [-0.39, 0.29) is 18.1 Å². The lowest BCUT2D eigenvalue weighted by Gasteiger charge is -2.06. The van der Waals surface area contributed by atoms with E-state index >= 15 is 0 Å². The average Bonchev–Trinajstić information content (AvgIpc) is 3.21. The van der Waals surface area contributed by atoms with Gasteiger partial charge in [0.1, 0.15) is 0 Å². The Labute approximate surface area is 146 Å². The molecule has 122 valence electrons. The summed E-state index contributed by atoms with van der Waals surface area (Å²) in [4.78, 5) is 26.4. The van der Waals surface area contributed by atoms with E-state index in [9.17, 15) is 14.9 Å². The number of non-ortho nitro benzene ring substituents is 1. The van der Waals surface area contributed by atoms with Crippen LogP contribution in [0.3, 0.4) is 0 Å². The van der Waals surface area contributed by atoms with E-state index in [4.69, 9.17) is 11.6 Å². The minimum atomic E-state index is -0.458. The molecular formula is C16H12ClN3O3S. The molecule has 1 aromatic carbocycles. The normalized spacial score (nSPS) is 10.5. The van der Waals surface area contributed by atoms with Crippen molar-refractivity contribution in [3.8, 4) is 10.4 Å². The number of rotatable bonds is 5. The van der Waals surface area contributed by atoms with Gasteiger partial charge in [-0.2, -0.15) is 0 Å². The number of thiophene rings is 1. The molecule has 2 N–H and O–H groups in total. The molecule has 2 aromatic heterocycles. The standard InChI is InChI=1S/C16H12ClN3O3S/c17-15-6-5-14(24-15)12-8-18-9-13(12)16(21)19-7-10-1-3-11(4-2-10)20(22)23/h1-6,8-9,18H,7H2,(H,19,21). The highest BCUT2D eigenvalue weighted by atomic mass is 35.5. The molecule has 6 nitrogen and oxygen atoms in total. The quantitative estimate of drug-likeness (QED) is 0.526. The Kier molecular flexibility index (Phi) is 4.64. The zero-order chi connectivity index (χ0) is 17.1. The minimum absolute atomic E-state index is 0.0209. The van der Waals surface area contributed by atoms with E-state index in [1.54, 1.807) is 30.6 Å². The highest BCUT2D eigenvalue weighted by molar-refractivity contribution is 7.19. The second kappa shape index (κ2) is 6.86. The van der Waals surface area contributed by atoms with Gasteiger partial charge in [0.2, 0.25) is 0 Å². The highest BCUT2D eigenvalue weighted by Gasteiger charge is 2.15. The maximum absolute atomic E-state index is 12.4. The van der Waals surface area contributed by atoms with Gasteiger partial charge in [-0.15, -0.1) is 11.3 Å². The number of H-pyrrole nitrogens is 1. The number of benzene rings is 1. The monoisotopic (exact) mass is 361 g/mol. The largest absolute Gasteiger partial charge is 0.366 e. The molecule has 2 heterocycles. The van der Waals surface area contributed by atoms with Crippen molar-refractivity contribution in [2.24, 2.45) is 0 Å². The van der Waals surface area contributed by atoms with Gasteiger partial charge in [0.05, 0.1) is 14.8 Å². The van der Waals surface area contributed by atoms with Crippen LogP contribution in [0.5, 0.6) is 0 Å². The van der Waals surface area contributed by atoms with Gasteiger partial charge in [0.25, 0.3) is 11.6 Å². The maximum Gasteiger partial charge on any atom is 0.269 e. The third kappa shape index (κ3) is 3.47. The van der Waals surface area contributed by atoms with Crippen LogP contribution in [-0.2, 0) is 6.54 Å². The molecular weight excluding hydrogens is 350 g/mol. The van der Waals surface area contributed by atoms with Crippen LogP contribution in [0.4, 0.5) is 5.69 Å². The van der Waals surface area contributed by atoms with Gasteiger partial charge in [-0.05, 0) is 17.7 Å². The van der Waals surface area contributed by atoms with Crippen molar-refractivity contribution < 1.29 is 9.72 Å². The summed E-state index contributed by atoms with van der Waals surface area (Å²) in [7, 11) is 0. The first-order chi connectivity index (χ1) is 11.5. The molecule has 0 aliphatic carbocycles. The van der Waals surface area contributed by atoms with Crippen molar-refractivity contribution in [3.05, 3.63) is 74.4 Å². The molecule has 0 aliphatic heterocycles. The van der Waals surface area contributed by atoms with E-state index < -0.39 is 4.92 Å². The van der Waals surface area contributed by atoms with Crippen LogP contribution < -0.4 is 5.32 Å². The second-order valence-corrected chi connectivity index (χ2v) is 6.71. The summed E-state index contributed by atoms with van der Waals surface area (Å²) in [5.41, 5.74) is 2.11. The van der Waals surface area contributed by atoms with Crippen LogP contribution in [0, 0.1) is 10.1 Å². The second-order valence-electron chi connectivity index (χ2n) is 4.99. The zero-order valence-electron chi connectivity index (χ0n) is 12.3. The van der Waals surface area contributed by atoms with E-state index in [2.05, 4.69) is 10.3 Å². The fraction of sp³-hybridized carbons (Fsp3) is 0.0625. The Bertz CT molecular complexity index is 886. The summed E-state index contributed by atoms with van der Waals surface area (Å²) in [5, 5.41) is 13.4. The number of aromatic nitrogens is 1. The Morgan fingerprint density at radius 2 is 1.96 bits per heavy atom. The Hall–Kier alpha value is -2.64. The van der Waals surface area contributed by atoms with Crippen LogP contribution in [0.15, 0.2) is 48.8 Å². The lowest BCUT2D eigenvalue weighted by Crippen LogP contribution is -2.22. The van der Waals surface area contributed by atoms with Gasteiger partial charge in [-0.3, -0.25) is 14.9 Å². The van der Waals surface area contributed by atoms with Gasteiger partial charge in [-0.1, -0.05) is 23.7 Å². The summed E-state index contributed by atoms with van der Waals surface area (Å²) >= 11 is 7.34. The Morgan fingerprint density at radius 1 is 1.21 bits per heavy atom. The van der Waals surface area contributed by atoms with Crippen molar-refractivity contribution in [3.63, 3.8) is 0 Å². The van der Waals surface area contributed by atoms with Crippen LogP contribution in [0.25, 0.3) is 10.4 Å². The minimum Gasteiger partial charge on any atom is -0.366 e. The smallest absolute Gasteiger partial charge is 0.269 e. The fourth-order valence-corrected chi connectivity index (χ4v) is 3.30. The third-order valence-corrected chi connectivity index (χ3v) is 4.69. The Balaban J connectivity index is 1.70. The molecule has 0 spiro atoms. The van der Waals surface area contributed by atoms with Crippen molar-refractivity contribution in [2.45, 2.75) is 6.54 Å². The molecule has 24 heavy (non-hydrogen) atoms. The molecule has 0 bridgehead atoms. The van der Waals surface area contributed by atoms with Crippen LogP contribution in [0.2, 0.25) is 4.34 Å². The lowest BCUT2D eigenvalue weighted by molar-refractivity contribution is -0.384. The van der Waals surface area contributed by atoms with Crippen LogP contribution in [0.1, 0.15) is 15.9 Å². The topological polar surface area (TPSA) is 88.0 Å². The van der Waals surface area contributed by atoms with Crippen LogP contribution in [-0.4, -0.2) is 15.8 Å². The SMILES string of the molecule is O=C(NCc1ccc([N+](=O)[O-])cc1)c1c[nH]cc1-c1ccc(Cl)s1. The average molecular weight is 362 g/mol. The molecule has 3 rings (SSSR count). The van der Waals surface area contributed by atoms with E-state index in [0.717, 1.165) is 16.0 Å². The summed E-state index contributed by atoms with van der Waals surface area (Å²) in [5.74, 6) is -0.228. The molecule has 0 atom stereocenters. The van der Waals surface area contributed by atoms with Crippen molar-refractivity contribution >= 4 is 34.5 Å². The molecule has 8 heteroatoms. The predicted molar refractivity (Wildman–Crippen MR) is 93.4 cm³/mol. The number of aromatic amines is 1. The summed E-state index contributed by atoms with van der Waals surface area (Å²) < 4.78 is 0.656. The van der Waals surface area contributed by atoms with Gasteiger partial charge in [-0.25, -0.2) is 0 Å². The number of amides is 1. The highest BCUT2D eigenvalue weighted by Crippen LogP contribution is 2.33. The molecule has 0 saturated heterocycles. The van der Waals surface area contributed by atoms with Gasteiger partial charge >= 0.3 is 0 Å². The van der Waals surface area contributed by atoms with Gasteiger partial charge < -0.3 is 10.3 Å². The number of hydrogen-bond acceptors (Lipinski definition) is 4. The number of carbonyl (C=O) groups is 1. The first-order valence-corrected chi connectivity index (χ1v) is 8.18. The third-order valence-electron chi connectivity index (χ3n) is 3.43. The molecule has 1 amide bonds. The number of nitrogens with one attached hydrogen (secondary N) is 2. The molecule has 0 fully saturated rings. The number of nitro groups is 1. The first kappa shape index (κ1) is 16.2. The molecule has 0 radical (unpaired) electrons. The number of halogens is 1. The molecule has 0 unspecified atom stereocenters. The lowest BCUT2D eigenvalue weighted by atomic mass is 10.1. The maximum atomic E-state index is 12.4. The van der Waals surface area contributed by atoms with E-state index in [1.807, 2.05) is 6.07 Å². The number of nitro benzene ring substituents is 1. The Morgan fingerprint density at radius 3 is 2.58 bits per heavy atom. The molecule has 0 aliphatic rings. The van der Waals surface area contributed by atoms with Gasteiger partial charge in [0, 0.05) is 41.5 Å². The number of carbonyl (C=O) groups excluding carboxylic acids is 1. The van der Waals surface area contributed by atoms with E-state index in [1.165, 1.54) is 23.5 Å². The zero-order valence-corrected chi connectivity index (χ0v) is 13.9. The van der Waals surface area contributed by atoms with Crippen LogP contribution >= 0.6 is 22.9 Å². The number of hydrogen-bond donors (Lipinski definition) is 2. The predicted octanol–water partition coefficient (Wildman–Crippen LogP) is 4.23. The number of nitrogens with zero attached hydrogens (tertiary/aromatic N) is 1.